The quantitative estimate of drug-likeness (QED) is 0.716. The molecule has 0 aliphatic heterocycles. The zero-order valence-electron chi connectivity index (χ0n) is 10.5. The van der Waals surface area contributed by atoms with E-state index in [-0.39, 0.29) is 6.54 Å². The van der Waals surface area contributed by atoms with E-state index in [9.17, 15) is 4.79 Å². The van der Waals surface area contributed by atoms with E-state index in [1.54, 1.807) is 18.0 Å². The van der Waals surface area contributed by atoms with Crippen molar-refractivity contribution in [2.24, 2.45) is 0 Å². The van der Waals surface area contributed by atoms with Crippen LogP contribution in [0.2, 0.25) is 0 Å². The Labute approximate surface area is 110 Å². The molecule has 0 unspecified atom stereocenters. The number of hydrogen-bond donors (Lipinski definition) is 3. The molecule has 19 heavy (non-hydrogen) atoms. The zero-order valence-corrected chi connectivity index (χ0v) is 10.5. The Kier molecular flexibility index (Phi) is 3.97. The van der Waals surface area contributed by atoms with E-state index in [2.05, 4.69) is 20.3 Å². The summed E-state index contributed by atoms with van der Waals surface area (Å²) >= 11 is 0. The first kappa shape index (κ1) is 12.9. The van der Waals surface area contributed by atoms with E-state index in [1.165, 1.54) is 6.33 Å². The second kappa shape index (κ2) is 5.85. The molecule has 2 aromatic heterocycles. The molecule has 2 rings (SSSR count). The van der Waals surface area contributed by atoms with Crippen LogP contribution in [0, 0.1) is 0 Å². The van der Waals surface area contributed by atoms with Crippen LogP contribution >= 0.6 is 0 Å². The molecule has 0 atom stereocenters. The van der Waals surface area contributed by atoms with Crippen LogP contribution in [0.15, 0.2) is 30.9 Å². The molecule has 0 bridgehead atoms. The number of nitrogens with one attached hydrogen (secondary N) is 2. The molecule has 0 radical (unpaired) electrons. The Morgan fingerprint density at radius 1 is 1.53 bits per heavy atom. The van der Waals surface area contributed by atoms with Gasteiger partial charge in [0.2, 0.25) is 0 Å². The number of carboxylic acids is 1. The van der Waals surface area contributed by atoms with Gasteiger partial charge in [-0.3, -0.25) is 4.79 Å². The maximum Gasteiger partial charge on any atom is 0.323 e. The molecule has 0 spiro atoms. The number of rotatable bonds is 6. The molecule has 0 amide bonds. The fourth-order valence-corrected chi connectivity index (χ4v) is 1.60. The molecule has 7 heteroatoms. The lowest BCUT2D eigenvalue weighted by atomic mass is 10.3. The van der Waals surface area contributed by atoms with Crippen LogP contribution < -0.4 is 10.2 Å². The highest BCUT2D eigenvalue weighted by Gasteiger charge is 2.08. The maximum absolute atomic E-state index is 10.6. The number of hydrogen-bond acceptors (Lipinski definition) is 5. The summed E-state index contributed by atoms with van der Waals surface area (Å²) in [5.74, 6) is 0.320. The molecule has 0 saturated carbocycles. The molecule has 0 fully saturated rings. The van der Waals surface area contributed by atoms with Crippen molar-refractivity contribution in [3.63, 3.8) is 0 Å². The Morgan fingerprint density at radius 3 is 3.05 bits per heavy atom. The van der Waals surface area contributed by atoms with Gasteiger partial charge in [-0.05, 0) is 11.6 Å². The van der Waals surface area contributed by atoms with E-state index < -0.39 is 5.97 Å². The Morgan fingerprint density at radius 2 is 2.37 bits per heavy atom. The van der Waals surface area contributed by atoms with Gasteiger partial charge in [-0.2, -0.15) is 0 Å². The number of likely N-dealkylation sites (N-methyl/N-ethyl adjacent to an activating group) is 1. The van der Waals surface area contributed by atoms with E-state index in [0.717, 1.165) is 5.56 Å². The van der Waals surface area contributed by atoms with Crippen LogP contribution in [0.5, 0.6) is 0 Å². The highest BCUT2D eigenvalue weighted by Crippen LogP contribution is 2.13. The summed E-state index contributed by atoms with van der Waals surface area (Å²) < 4.78 is 0. The summed E-state index contributed by atoms with van der Waals surface area (Å²) in [6.07, 6.45) is 5.15. The van der Waals surface area contributed by atoms with Crippen LogP contribution in [-0.4, -0.2) is 39.6 Å². The molecular weight excluding hydrogens is 246 g/mol. The van der Waals surface area contributed by atoms with Crippen molar-refractivity contribution in [3.8, 4) is 0 Å². The van der Waals surface area contributed by atoms with Crippen molar-refractivity contribution >= 4 is 17.6 Å². The number of anilines is 2. The average Bonchev–Trinajstić information content (AvgIpc) is 2.89. The van der Waals surface area contributed by atoms with Crippen LogP contribution in [0.25, 0.3) is 0 Å². The largest absolute Gasteiger partial charge is 0.480 e. The van der Waals surface area contributed by atoms with Crippen LogP contribution in [0.3, 0.4) is 0 Å². The van der Waals surface area contributed by atoms with Crippen molar-refractivity contribution in [2.45, 2.75) is 6.54 Å². The fraction of sp³-hybridized carbons (Fsp3) is 0.250. The third-order valence-corrected chi connectivity index (χ3v) is 2.55. The molecule has 0 aromatic carbocycles. The first-order valence-electron chi connectivity index (χ1n) is 5.75. The van der Waals surface area contributed by atoms with E-state index in [4.69, 9.17) is 5.11 Å². The van der Waals surface area contributed by atoms with Gasteiger partial charge in [0.25, 0.3) is 0 Å². The van der Waals surface area contributed by atoms with Crippen molar-refractivity contribution in [1.29, 1.82) is 0 Å². The average molecular weight is 261 g/mol. The number of aromatic nitrogens is 3. The predicted octanol–water partition coefficient (Wildman–Crippen LogP) is 0.938. The molecule has 3 N–H and O–H groups in total. The van der Waals surface area contributed by atoms with E-state index in [1.807, 2.05) is 18.5 Å². The number of carbonyl (C=O) groups is 1. The van der Waals surface area contributed by atoms with Crippen LogP contribution in [-0.2, 0) is 11.3 Å². The molecule has 2 aromatic rings. The number of H-pyrrole nitrogens is 1. The molecule has 0 aliphatic rings. The molecule has 2 heterocycles. The summed E-state index contributed by atoms with van der Waals surface area (Å²) in [4.78, 5) is 23.3. The van der Waals surface area contributed by atoms with Gasteiger partial charge in [-0.15, -0.1) is 0 Å². The lowest BCUT2D eigenvalue weighted by molar-refractivity contribution is -0.135. The monoisotopic (exact) mass is 261 g/mol. The summed E-state index contributed by atoms with van der Waals surface area (Å²) in [5.41, 5.74) is 1.11. The third kappa shape index (κ3) is 3.70. The number of carboxylic acid groups (broad SMARTS) is 1. The van der Waals surface area contributed by atoms with Gasteiger partial charge >= 0.3 is 5.97 Å². The predicted molar refractivity (Wildman–Crippen MR) is 71.1 cm³/mol. The lowest BCUT2D eigenvalue weighted by Crippen LogP contribution is -2.26. The minimum absolute atomic E-state index is 0.103. The number of aliphatic carboxylic acids is 1. The molecule has 0 aliphatic carbocycles. The summed E-state index contributed by atoms with van der Waals surface area (Å²) in [5, 5.41) is 11.9. The lowest BCUT2D eigenvalue weighted by Gasteiger charge is -2.15. The van der Waals surface area contributed by atoms with Crippen LogP contribution in [0.4, 0.5) is 11.6 Å². The Hall–Kier alpha value is -2.57. The number of aromatic amines is 1. The highest BCUT2D eigenvalue weighted by atomic mass is 16.4. The number of nitrogens with zero attached hydrogens (tertiary/aromatic N) is 3. The summed E-state index contributed by atoms with van der Waals surface area (Å²) in [7, 11) is 1.67. The van der Waals surface area contributed by atoms with Gasteiger partial charge in [0, 0.05) is 32.1 Å². The minimum atomic E-state index is -0.900. The van der Waals surface area contributed by atoms with E-state index >= 15 is 0 Å². The standard InChI is InChI=1S/C12H15N5O2/c1-17(7-12(18)19)11-4-10(15-8-16-11)14-6-9-2-3-13-5-9/h2-5,8,13H,6-7H2,1H3,(H,18,19)(H,14,15,16). The van der Waals surface area contributed by atoms with Crippen molar-refractivity contribution in [1.82, 2.24) is 15.0 Å². The summed E-state index contributed by atoms with van der Waals surface area (Å²) in [6.45, 7) is 0.539. The first-order valence-corrected chi connectivity index (χ1v) is 5.75. The third-order valence-electron chi connectivity index (χ3n) is 2.55. The second-order valence-electron chi connectivity index (χ2n) is 4.08. The van der Waals surface area contributed by atoms with Gasteiger partial charge < -0.3 is 20.3 Å². The van der Waals surface area contributed by atoms with Gasteiger partial charge in [0.05, 0.1) is 0 Å². The first-order chi connectivity index (χ1) is 9.15. The summed E-state index contributed by atoms with van der Waals surface area (Å²) in [6, 6.07) is 3.68. The fourth-order valence-electron chi connectivity index (χ4n) is 1.60. The second-order valence-corrected chi connectivity index (χ2v) is 4.08. The molecule has 7 nitrogen and oxygen atoms in total. The SMILES string of the molecule is CN(CC(=O)O)c1cc(NCc2cc[nH]c2)ncn1. The maximum atomic E-state index is 10.6. The zero-order chi connectivity index (χ0) is 13.7. The van der Waals surface area contributed by atoms with Gasteiger partial charge in [0.1, 0.15) is 24.5 Å². The van der Waals surface area contributed by atoms with Gasteiger partial charge in [0.15, 0.2) is 0 Å². The molecular formula is C12H15N5O2. The van der Waals surface area contributed by atoms with Gasteiger partial charge in [-0.25, -0.2) is 9.97 Å². The molecule has 100 valence electrons. The van der Waals surface area contributed by atoms with Crippen LogP contribution in [0.1, 0.15) is 5.56 Å². The van der Waals surface area contributed by atoms with Gasteiger partial charge in [-0.1, -0.05) is 0 Å². The Balaban J connectivity index is 2.00. The van der Waals surface area contributed by atoms with Crippen molar-refractivity contribution in [3.05, 3.63) is 36.4 Å². The molecule has 0 saturated heterocycles. The smallest absolute Gasteiger partial charge is 0.323 e. The minimum Gasteiger partial charge on any atom is -0.480 e. The van der Waals surface area contributed by atoms with E-state index in [0.29, 0.717) is 18.2 Å². The highest BCUT2D eigenvalue weighted by molar-refractivity contribution is 5.73. The normalized spacial score (nSPS) is 10.2. The van der Waals surface area contributed by atoms with Crippen molar-refractivity contribution in [2.75, 3.05) is 23.8 Å². The topological polar surface area (TPSA) is 94.1 Å². The Bertz CT molecular complexity index is 541. The van der Waals surface area contributed by atoms with Crippen molar-refractivity contribution < 1.29 is 9.90 Å².